The number of hydrogen-bond donors (Lipinski definition) is 2. The summed E-state index contributed by atoms with van der Waals surface area (Å²) in [6.45, 7) is 0.495. The van der Waals surface area contributed by atoms with Crippen LogP contribution in [0.1, 0.15) is 31.2 Å². The Morgan fingerprint density at radius 1 is 1.22 bits per heavy atom. The highest BCUT2D eigenvalue weighted by Crippen LogP contribution is 2.27. The molecule has 1 aromatic heterocycles. The van der Waals surface area contributed by atoms with Crippen LogP contribution in [0.15, 0.2) is 36.9 Å². The van der Waals surface area contributed by atoms with E-state index < -0.39 is 5.54 Å². The topological polar surface area (TPSA) is 85.8 Å². The quantitative estimate of drug-likeness (QED) is 0.875. The fourth-order valence-electron chi connectivity index (χ4n) is 2.70. The van der Waals surface area contributed by atoms with E-state index in [4.69, 9.17) is 5.73 Å². The molecule has 1 aromatic carbocycles. The van der Waals surface area contributed by atoms with Gasteiger partial charge in [0.05, 0.1) is 11.2 Å². The number of nitrogens with zero attached hydrogens (tertiary/aromatic N) is 3. The second kappa shape index (κ2) is 8.29. The minimum Gasteiger partial charge on any atom is -0.350 e. The minimum absolute atomic E-state index is 0. The average molecular weight is 358 g/mol. The predicted molar refractivity (Wildman–Crippen MR) is 93.1 cm³/mol. The third kappa shape index (κ3) is 4.43. The van der Waals surface area contributed by atoms with Crippen molar-refractivity contribution in [2.45, 2.75) is 37.8 Å². The van der Waals surface area contributed by atoms with E-state index in [-0.39, 0.29) is 30.7 Å². The lowest BCUT2D eigenvalue weighted by molar-refractivity contribution is -0.126. The van der Waals surface area contributed by atoms with E-state index in [1.807, 2.05) is 24.3 Å². The van der Waals surface area contributed by atoms with Gasteiger partial charge in [0.25, 0.3) is 0 Å². The number of carbonyl (C=O) groups is 1. The Morgan fingerprint density at radius 2 is 1.87 bits per heavy atom. The molecule has 126 valence electrons. The van der Waals surface area contributed by atoms with Crippen LogP contribution < -0.4 is 11.1 Å². The van der Waals surface area contributed by atoms with Crippen LogP contribution in [0.4, 0.5) is 0 Å². The van der Waals surface area contributed by atoms with Gasteiger partial charge >= 0.3 is 0 Å². The van der Waals surface area contributed by atoms with Crippen molar-refractivity contribution < 1.29 is 4.79 Å². The third-order valence-electron chi connectivity index (χ3n) is 4.02. The summed E-state index contributed by atoms with van der Waals surface area (Å²) in [5.41, 5.74) is 7.43. The Bertz CT molecular complexity index is 609. The van der Waals surface area contributed by atoms with E-state index >= 15 is 0 Å². The third-order valence-corrected chi connectivity index (χ3v) is 4.02. The zero-order chi connectivity index (χ0) is 14.7. The molecule has 3 rings (SSSR count). The Morgan fingerprint density at radius 3 is 2.43 bits per heavy atom. The molecule has 1 amide bonds. The summed E-state index contributed by atoms with van der Waals surface area (Å²) in [7, 11) is 0. The van der Waals surface area contributed by atoms with Crippen molar-refractivity contribution in [3.05, 3.63) is 42.5 Å². The maximum atomic E-state index is 12.1. The summed E-state index contributed by atoms with van der Waals surface area (Å²) in [5, 5.41) is 7.01. The van der Waals surface area contributed by atoms with Crippen molar-refractivity contribution >= 4 is 30.7 Å². The van der Waals surface area contributed by atoms with E-state index in [0.717, 1.165) is 36.9 Å². The van der Waals surface area contributed by atoms with Crippen molar-refractivity contribution in [2.75, 3.05) is 0 Å². The lowest BCUT2D eigenvalue weighted by Gasteiger charge is -2.22. The summed E-state index contributed by atoms with van der Waals surface area (Å²) in [6, 6.07) is 7.83. The van der Waals surface area contributed by atoms with Crippen molar-refractivity contribution in [2.24, 2.45) is 5.73 Å². The molecule has 23 heavy (non-hydrogen) atoms. The van der Waals surface area contributed by atoms with Gasteiger partial charge in [0.15, 0.2) is 0 Å². The number of benzene rings is 1. The SMILES string of the molecule is Cl.Cl.NC1(C(=O)NCc2ccc(-n3cncn3)cc2)CCCC1. The van der Waals surface area contributed by atoms with Gasteiger partial charge in [0.2, 0.25) is 5.91 Å². The Hall–Kier alpha value is -1.63. The molecule has 1 aliphatic carbocycles. The van der Waals surface area contributed by atoms with E-state index in [1.54, 1.807) is 11.0 Å². The van der Waals surface area contributed by atoms with Crippen molar-refractivity contribution in [3.8, 4) is 5.69 Å². The molecule has 1 fully saturated rings. The molecule has 0 atom stereocenters. The highest BCUT2D eigenvalue weighted by molar-refractivity contribution is 5.86. The number of amides is 1. The molecule has 6 nitrogen and oxygen atoms in total. The second-order valence-corrected chi connectivity index (χ2v) is 5.55. The van der Waals surface area contributed by atoms with Crippen LogP contribution in [0.25, 0.3) is 5.69 Å². The zero-order valence-electron chi connectivity index (χ0n) is 12.6. The van der Waals surface area contributed by atoms with Gasteiger partial charge in [0, 0.05) is 6.54 Å². The number of halogens is 2. The molecular weight excluding hydrogens is 337 g/mol. The van der Waals surface area contributed by atoms with Crippen LogP contribution in [0.2, 0.25) is 0 Å². The highest BCUT2D eigenvalue weighted by Gasteiger charge is 2.36. The summed E-state index contributed by atoms with van der Waals surface area (Å²) in [6.07, 6.45) is 6.78. The number of aromatic nitrogens is 3. The minimum atomic E-state index is -0.666. The van der Waals surface area contributed by atoms with Gasteiger partial charge in [-0.05, 0) is 30.5 Å². The van der Waals surface area contributed by atoms with E-state index in [0.29, 0.717) is 6.54 Å². The van der Waals surface area contributed by atoms with Crippen molar-refractivity contribution in [3.63, 3.8) is 0 Å². The van der Waals surface area contributed by atoms with Gasteiger partial charge in [-0.1, -0.05) is 25.0 Å². The largest absolute Gasteiger partial charge is 0.350 e. The summed E-state index contributed by atoms with van der Waals surface area (Å²) >= 11 is 0. The van der Waals surface area contributed by atoms with Gasteiger partial charge in [-0.3, -0.25) is 4.79 Å². The molecule has 1 heterocycles. The predicted octanol–water partition coefficient (Wildman–Crippen LogP) is 2.00. The van der Waals surface area contributed by atoms with E-state index in [9.17, 15) is 4.79 Å². The number of nitrogens with two attached hydrogens (primary N) is 1. The lowest BCUT2D eigenvalue weighted by Crippen LogP contribution is -2.51. The number of carbonyl (C=O) groups excluding carboxylic acids is 1. The number of hydrogen-bond acceptors (Lipinski definition) is 4. The molecule has 0 spiro atoms. The Kier molecular flexibility index (Phi) is 7.00. The smallest absolute Gasteiger partial charge is 0.240 e. The second-order valence-electron chi connectivity index (χ2n) is 5.55. The normalized spacial score (nSPS) is 15.3. The van der Waals surface area contributed by atoms with Crippen LogP contribution in [-0.4, -0.2) is 26.2 Å². The fraction of sp³-hybridized carbons (Fsp3) is 0.400. The molecule has 1 saturated carbocycles. The highest BCUT2D eigenvalue weighted by atomic mass is 35.5. The molecule has 0 unspecified atom stereocenters. The van der Waals surface area contributed by atoms with Gasteiger partial charge in [-0.15, -0.1) is 24.8 Å². The van der Waals surface area contributed by atoms with Crippen LogP contribution in [0, 0.1) is 0 Å². The lowest BCUT2D eigenvalue weighted by atomic mass is 9.98. The molecule has 3 N–H and O–H groups in total. The molecule has 0 aliphatic heterocycles. The maximum Gasteiger partial charge on any atom is 0.240 e. The standard InChI is InChI=1S/C15H19N5O.2ClH/c16-15(7-1-2-8-15)14(21)18-9-12-3-5-13(6-4-12)20-11-17-10-19-20;;/h3-6,10-11H,1-2,7-9,16H2,(H,18,21);2*1H. The Labute approximate surface area is 147 Å². The van der Waals surface area contributed by atoms with E-state index in [2.05, 4.69) is 15.4 Å². The summed E-state index contributed by atoms with van der Waals surface area (Å²) in [4.78, 5) is 16.0. The molecular formula is C15H21Cl2N5O. The first-order valence-corrected chi connectivity index (χ1v) is 7.18. The fourth-order valence-corrected chi connectivity index (χ4v) is 2.70. The molecule has 0 saturated heterocycles. The zero-order valence-corrected chi connectivity index (χ0v) is 14.3. The van der Waals surface area contributed by atoms with E-state index in [1.165, 1.54) is 6.33 Å². The Balaban J connectivity index is 0.00000132. The van der Waals surface area contributed by atoms with Gasteiger partial charge in [0.1, 0.15) is 12.7 Å². The van der Waals surface area contributed by atoms with Crippen molar-refractivity contribution in [1.82, 2.24) is 20.1 Å². The summed E-state index contributed by atoms with van der Waals surface area (Å²) < 4.78 is 1.69. The molecule has 0 bridgehead atoms. The first-order valence-electron chi connectivity index (χ1n) is 7.18. The van der Waals surface area contributed by atoms with Gasteiger partial charge in [-0.2, -0.15) is 5.10 Å². The van der Waals surface area contributed by atoms with Crippen LogP contribution in [-0.2, 0) is 11.3 Å². The van der Waals surface area contributed by atoms with Crippen LogP contribution >= 0.6 is 24.8 Å². The van der Waals surface area contributed by atoms with Crippen LogP contribution in [0.3, 0.4) is 0 Å². The molecule has 2 aromatic rings. The van der Waals surface area contributed by atoms with Gasteiger partial charge in [-0.25, -0.2) is 9.67 Å². The van der Waals surface area contributed by atoms with Crippen LogP contribution in [0.5, 0.6) is 0 Å². The van der Waals surface area contributed by atoms with Crippen molar-refractivity contribution in [1.29, 1.82) is 0 Å². The monoisotopic (exact) mass is 357 g/mol. The first kappa shape index (κ1) is 19.4. The maximum absolute atomic E-state index is 12.1. The number of rotatable bonds is 4. The molecule has 0 radical (unpaired) electrons. The average Bonchev–Trinajstić information content (AvgIpc) is 3.17. The first-order chi connectivity index (χ1) is 10.2. The van der Waals surface area contributed by atoms with Gasteiger partial charge < -0.3 is 11.1 Å². The number of nitrogens with one attached hydrogen (secondary N) is 1. The molecule has 1 aliphatic rings. The summed E-state index contributed by atoms with van der Waals surface area (Å²) in [5.74, 6) is -0.0413. The molecule has 8 heteroatoms.